The molecule has 1 amide bonds. The van der Waals surface area contributed by atoms with E-state index in [4.69, 9.17) is 4.74 Å². The maximum atomic E-state index is 11.7. The zero-order valence-corrected chi connectivity index (χ0v) is 13.6. The number of thiophene rings is 1. The molecule has 1 aromatic heterocycles. The van der Waals surface area contributed by atoms with Gasteiger partial charge in [-0.15, -0.1) is 0 Å². The van der Waals surface area contributed by atoms with Crippen LogP contribution in [0.5, 0.6) is 5.75 Å². The molecule has 112 valence electrons. The fourth-order valence-corrected chi connectivity index (χ4v) is 3.32. The molecule has 2 rings (SSSR count). The van der Waals surface area contributed by atoms with E-state index >= 15 is 0 Å². The molecule has 1 heterocycles. The minimum Gasteiger partial charge on any atom is -0.484 e. The van der Waals surface area contributed by atoms with Crippen LogP contribution in [0.25, 0.3) is 0 Å². The van der Waals surface area contributed by atoms with E-state index in [1.807, 2.05) is 43.0 Å². The van der Waals surface area contributed by atoms with Crippen molar-refractivity contribution in [3.63, 3.8) is 0 Å². The minimum absolute atomic E-state index is 0.0695. The van der Waals surface area contributed by atoms with E-state index in [9.17, 15) is 4.79 Å². The molecule has 21 heavy (non-hydrogen) atoms. The number of aryl methyl sites for hydroxylation is 1. The number of hydrogen-bond donors (Lipinski definition) is 1. The highest BCUT2D eigenvalue weighted by atomic mass is 32.2. The van der Waals surface area contributed by atoms with Crippen molar-refractivity contribution in [1.29, 1.82) is 0 Å². The zero-order chi connectivity index (χ0) is 14.9. The van der Waals surface area contributed by atoms with E-state index < -0.39 is 0 Å². The van der Waals surface area contributed by atoms with Crippen LogP contribution in [-0.2, 0) is 10.5 Å². The van der Waals surface area contributed by atoms with Gasteiger partial charge in [-0.2, -0.15) is 23.1 Å². The van der Waals surface area contributed by atoms with Gasteiger partial charge in [-0.3, -0.25) is 4.79 Å². The van der Waals surface area contributed by atoms with Gasteiger partial charge in [0.1, 0.15) is 5.75 Å². The Morgan fingerprint density at radius 2 is 2.19 bits per heavy atom. The predicted octanol–water partition coefficient (Wildman–Crippen LogP) is 3.48. The molecule has 0 aliphatic heterocycles. The fraction of sp³-hybridized carbons (Fsp3) is 0.312. The van der Waals surface area contributed by atoms with Crippen LogP contribution in [0.1, 0.15) is 11.1 Å². The standard InChI is InChI=1S/C16H19NO2S2/c1-13-4-2-3-5-15(13)19-10-16(18)17-7-9-21-12-14-6-8-20-11-14/h2-6,8,11H,7,9-10,12H2,1H3,(H,17,18). The second-order valence-electron chi connectivity index (χ2n) is 4.59. The number of carbonyl (C=O) groups excluding carboxylic acids is 1. The summed E-state index contributed by atoms with van der Waals surface area (Å²) in [5.41, 5.74) is 2.39. The molecule has 0 saturated carbocycles. The third-order valence-corrected chi connectivity index (χ3v) is 4.63. The molecule has 0 unspecified atom stereocenters. The third-order valence-electron chi connectivity index (χ3n) is 2.87. The molecule has 0 bridgehead atoms. The summed E-state index contributed by atoms with van der Waals surface area (Å²) in [6, 6.07) is 9.83. The zero-order valence-electron chi connectivity index (χ0n) is 12.0. The molecule has 0 spiro atoms. The van der Waals surface area contributed by atoms with E-state index in [0.717, 1.165) is 22.8 Å². The quantitative estimate of drug-likeness (QED) is 0.757. The van der Waals surface area contributed by atoms with Crippen LogP contribution in [0.4, 0.5) is 0 Å². The number of ether oxygens (including phenoxy) is 1. The summed E-state index contributed by atoms with van der Waals surface area (Å²) in [7, 11) is 0. The number of carbonyl (C=O) groups is 1. The molecule has 0 atom stereocenters. The van der Waals surface area contributed by atoms with Crippen molar-refractivity contribution in [2.24, 2.45) is 0 Å². The number of benzene rings is 1. The first-order chi connectivity index (χ1) is 10.3. The Morgan fingerprint density at radius 1 is 1.33 bits per heavy atom. The number of nitrogens with one attached hydrogen (secondary N) is 1. The van der Waals surface area contributed by atoms with Crippen molar-refractivity contribution < 1.29 is 9.53 Å². The van der Waals surface area contributed by atoms with Gasteiger partial charge in [0.25, 0.3) is 5.91 Å². The van der Waals surface area contributed by atoms with Crippen molar-refractivity contribution in [2.75, 3.05) is 18.9 Å². The topological polar surface area (TPSA) is 38.3 Å². The first-order valence-corrected chi connectivity index (χ1v) is 8.89. The maximum absolute atomic E-state index is 11.7. The highest BCUT2D eigenvalue weighted by Gasteiger charge is 2.03. The van der Waals surface area contributed by atoms with E-state index in [1.54, 1.807) is 11.3 Å². The Balaban J connectivity index is 1.56. The van der Waals surface area contributed by atoms with E-state index in [0.29, 0.717) is 6.54 Å². The van der Waals surface area contributed by atoms with Crippen molar-refractivity contribution in [3.05, 3.63) is 52.2 Å². The van der Waals surface area contributed by atoms with Gasteiger partial charge < -0.3 is 10.1 Å². The Hall–Kier alpha value is -1.46. The van der Waals surface area contributed by atoms with Crippen LogP contribution in [-0.4, -0.2) is 24.8 Å². The van der Waals surface area contributed by atoms with Crippen molar-refractivity contribution in [2.45, 2.75) is 12.7 Å². The SMILES string of the molecule is Cc1ccccc1OCC(=O)NCCSCc1ccsc1. The number of para-hydroxylation sites is 1. The number of amides is 1. The van der Waals surface area contributed by atoms with Crippen LogP contribution in [0.15, 0.2) is 41.1 Å². The first kappa shape index (κ1) is 15.9. The molecule has 1 aromatic carbocycles. The van der Waals surface area contributed by atoms with Crippen molar-refractivity contribution >= 4 is 29.0 Å². The smallest absolute Gasteiger partial charge is 0.257 e. The summed E-state index contributed by atoms with van der Waals surface area (Å²) >= 11 is 3.54. The van der Waals surface area contributed by atoms with Crippen LogP contribution in [0, 0.1) is 6.92 Å². The molecule has 0 fully saturated rings. The number of hydrogen-bond acceptors (Lipinski definition) is 4. The Bertz CT molecular complexity index is 555. The molecule has 5 heteroatoms. The largest absolute Gasteiger partial charge is 0.484 e. The normalized spacial score (nSPS) is 10.3. The molecular weight excluding hydrogens is 302 g/mol. The van der Waals surface area contributed by atoms with Crippen LogP contribution >= 0.6 is 23.1 Å². The Kier molecular flexibility index (Phi) is 6.63. The van der Waals surface area contributed by atoms with Gasteiger partial charge in [0.2, 0.25) is 0 Å². The van der Waals surface area contributed by atoms with Crippen LogP contribution < -0.4 is 10.1 Å². The summed E-state index contributed by atoms with van der Waals surface area (Å²) < 4.78 is 5.50. The van der Waals surface area contributed by atoms with E-state index in [2.05, 4.69) is 22.1 Å². The van der Waals surface area contributed by atoms with Crippen molar-refractivity contribution in [3.8, 4) is 5.75 Å². The lowest BCUT2D eigenvalue weighted by Crippen LogP contribution is -2.30. The maximum Gasteiger partial charge on any atom is 0.257 e. The third kappa shape index (κ3) is 5.81. The fourth-order valence-electron chi connectivity index (χ4n) is 1.74. The second kappa shape index (κ2) is 8.74. The lowest BCUT2D eigenvalue weighted by atomic mass is 10.2. The molecule has 0 saturated heterocycles. The average Bonchev–Trinajstić information content (AvgIpc) is 2.99. The molecule has 3 nitrogen and oxygen atoms in total. The molecule has 2 aromatic rings. The summed E-state index contributed by atoms with van der Waals surface area (Å²) in [6.45, 7) is 2.71. The molecule has 1 N–H and O–H groups in total. The lowest BCUT2D eigenvalue weighted by Gasteiger charge is -2.09. The first-order valence-electron chi connectivity index (χ1n) is 6.79. The van der Waals surface area contributed by atoms with Crippen LogP contribution in [0.3, 0.4) is 0 Å². The summed E-state index contributed by atoms with van der Waals surface area (Å²) in [5, 5.41) is 7.11. The lowest BCUT2D eigenvalue weighted by molar-refractivity contribution is -0.122. The predicted molar refractivity (Wildman–Crippen MR) is 90.2 cm³/mol. The Morgan fingerprint density at radius 3 is 2.95 bits per heavy atom. The Labute approximate surface area is 133 Å². The van der Waals surface area contributed by atoms with Gasteiger partial charge in [0.15, 0.2) is 6.61 Å². The van der Waals surface area contributed by atoms with Gasteiger partial charge in [0, 0.05) is 18.1 Å². The van der Waals surface area contributed by atoms with Gasteiger partial charge in [-0.25, -0.2) is 0 Å². The highest BCUT2D eigenvalue weighted by molar-refractivity contribution is 7.98. The van der Waals surface area contributed by atoms with Gasteiger partial charge in [-0.05, 0) is 40.9 Å². The summed E-state index contributed by atoms with van der Waals surface area (Å²) in [5.74, 6) is 2.60. The minimum atomic E-state index is -0.0746. The summed E-state index contributed by atoms with van der Waals surface area (Å²) in [4.78, 5) is 11.7. The van der Waals surface area contributed by atoms with Gasteiger partial charge in [0.05, 0.1) is 0 Å². The van der Waals surface area contributed by atoms with Gasteiger partial charge in [-0.1, -0.05) is 18.2 Å². The van der Waals surface area contributed by atoms with Crippen molar-refractivity contribution in [1.82, 2.24) is 5.32 Å². The molecule has 0 aliphatic carbocycles. The van der Waals surface area contributed by atoms with Gasteiger partial charge >= 0.3 is 0 Å². The van der Waals surface area contributed by atoms with Crippen LogP contribution in [0.2, 0.25) is 0 Å². The molecule has 0 radical (unpaired) electrons. The molecule has 0 aliphatic rings. The highest BCUT2D eigenvalue weighted by Crippen LogP contribution is 2.16. The average molecular weight is 321 g/mol. The van der Waals surface area contributed by atoms with E-state index in [1.165, 1.54) is 5.56 Å². The monoisotopic (exact) mass is 321 g/mol. The summed E-state index contributed by atoms with van der Waals surface area (Å²) in [6.07, 6.45) is 0. The molecular formula is C16H19NO2S2. The number of rotatable bonds is 8. The number of thioether (sulfide) groups is 1. The van der Waals surface area contributed by atoms with E-state index in [-0.39, 0.29) is 12.5 Å². The second-order valence-corrected chi connectivity index (χ2v) is 6.47.